The van der Waals surface area contributed by atoms with E-state index in [-0.39, 0.29) is 5.96 Å². The lowest BCUT2D eigenvalue weighted by molar-refractivity contribution is 0.196. The monoisotopic (exact) mass is 457 g/mol. The van der Waals surface area contributed by atoms with Gasteiger partial charge in [-0.3, -0.25) is 10.8 Å². The fourth-order valence-electron chi connectivity index (χ4n) is 2.96. The summed E-state index contributed by atoms with van der Waals surface area (Å²) in [6, 6.07) is 9.04. The molecular formula is C17H17Cl2N5O2S2. The summed E-state index contributed by atoms with van der Waals surface area (Å²) >= 11 is 12.6. The Bertz CT molecular complexity index is 952. The van der Waals surface area contributed by atoms with E-state index in [0.717, 1.165) is 15.3 Å². The molecule has 1 fully saturated rings. The van der Waals surface area contributed by atoms with E-state index in [9.17, 15) is 4.55 Å². The Hall–Kier alpha value is -1.65. The van der Waals surface area contributed by atoms with Crippen molar-refractivity contribution in [2.45, 2.75) is 18.7 Å². The number of hydrogen-bond donors (Lipinski definition) is 3. The summed E-state index contributed by atoms with van der Waals surface area (Å²) in [6.07, 6.45) is -0.471. The Balaban J connectivity index is 1.54. The van der Waals surface area contributed by atoms with Gasteiger partial charge in [-0.25, -0.2) is 0 Å². The number of guanidine groups is 1. The molecule has 0 bridgehead atoms. The van der Waals surface area contributed by atoms with Crippen molar-refractivity contribution < 1.29 is 9.29 Å². The molecule has 0 spiro atoms. The Labute approximate surface area is 179 Å². The van der Waals surface area contributed by atoms with E-state index in [4.69, 9.17) is 33.3 Å². The summed E-state index contributed by atoms with van der Waals surface area (Å²) in [4.78, 5) is 1.65. The van der Waals surface area contributed by atoms with Crippen LogP contribution in [0.25, 0.3) is 0 Å². The number of ether oxygens (including phenoxy) is 1. The quantitative estimate of drug-likeness (QED) is 0.613. The molecule has 2 aliphatic heterocycles. The molecule has 11 heteroatoms. The normalized spacial score (nSPS) is 27.1. The highest BCUT2D eigenvalue weighted by Gasteiger charge is 2.44. The first kappa shape index (κ1) is 19.7. The first-order chi connectivity index (χ1) is 13.3. The van der Waals surface area contributed by atoms with Crippen molar-refractivity contribution in [3.05, 3.63) is 55.7 Å². The highest BCUT2D eigenvalue weighted by Crippen LogP contribution is 2.41. The van der Waals surface area contributed by atoms with Crippen LogP contribution in [0.5, 0.6) is 0 Å². The maximum Gasteiger partial charge on any atom is 0.240 e. The highest BCUT2D eigenvalue weighted by molar-refractivity contribution is 7.89. The molecule has 2 unspecified atom stereocenters. The van der Waals surface area contributed by atoms with Gasteiger partial charge in [0.1, 0.15) is 5.54 Å². The maximum atomic E-state index is 12.3. The van der Waals surface area contributed by atoms with Gasteiger partial charge < -0.3 is 14.6 Å². The zero-order valence-electron chi connectivity index (χ0n) is 15.0. The molecule has 0 aliphatic carbocycles. The van der Waals surface area contributed by atoms with Gasteiger partial charge in [-0.2, -0.15) is 4.31 Å². The van der Waals surface area contributed by atoms with Crippen molar-refractivity contribution in [1.29, 1.82) is 5.41 Å². The van der Waals surface area contributed by atoms with E-state index in [0.29, 0.717) is 21.7 Å². The standard InChI is InChI=1S/C17H17Cl2N5O2S2/c1-17(8-28(25)24(2)16(20)21-17)13-11(19)7-12(27-13)15-23-22-14(26-15)9-3-5-10(18)6-4-9/h3-7,15,23H,8H2,1-2H3,(H2,20,21)/t15?,17-,28?/m0/s1. The minimum atomic E-state index is -1.30. The van der Waals surface area contributed by atoms with E-state index in [1.807, 2.05) is 25.1 Å². The minimum absolute atomic E-state index is 0.0988. The zero-order valence-corrected chi connectivity index (χ0v) is 18.1. The van der Waals surface area contributed by atoms with E-state index in [1.54, 1.807) is 19.2 Å². The molecular weight excluding hydrogens is 441 g/mol. The Kier molecular flexibility index (Phi) is 5.13. The topological polar surface area (TPSA) is 95.8 Å². The van der Waals surface area contributed by atoms with Gasteiger partial charge in [0, 0.05) is 10.6 Å². The maximum absolute atomic E-state index is 12.3. The van der Waals surface area contributed by atoms with Crippen molar-refractivity contribution in [3.63, 3.8) is 0 Å². The summed E-state index contributed by atoms with van der Waals surface area (Å²) in [5.41, 5.74) is 3.08. The van der Waals surface area contributed by atoms with Crippen LogP contribution in [-0.2, 0) is 21.6 Å². The average Bonchev–Trinajstić information content (AvgIpc) is 3.27. The van der Waals surface area contributed by atoms with E-state index in [1.165, 1.54) is 15.6 Å². The van der Waals surface area contributed by atoms with Crippen LogP contribution in [0, 0.1) is 5.41 Å². The third-order valence-corrected chi connectivity index (χ3v) is 8.22. The van der Waals surface area contributed by atoms with Crippen LogP contribution in [0.3, 0.4) is 0 Å². The number of thiophene rings is 1. The Morgan fingerprint density at radius 1 is 1.39 bits per heavy atom. The average molecular weight is 458 g/mol. The van der Waals surface area contributed by atoms with Crippen molar-refractivity contribution >= 4 is 57.8 Å². The molecule has 28 heavy (non-hydrogen) atoms. The number of rotatable bonds is 3. The fourth-order valence-corrected chi connectivity index (χ4v) is 5.97. The van der Waals surface area contributed by atoms with Gasteiger partial charge in [0.25, 0.3) is 0 Å². The van der Waals surface area contributed by atoms with Crippen LogP contribution in [-0.4, -0.2) is 33.5 Å². The van der Waals surface area contributed by atoms with Gasteiger partial charge in [-0.1, -0.05) is 23.2 Å². The molecule has 3 heterocycles. The molecule has 0 saturated carbocycles. The molecule has 1 aromatic heterocycles. The predicted molar refractivity (Wildman–Crippen MR) is 113 cm³/mol. The SMILES string of the molecule is CN1C(=N)N[C@](C)(c2sc(C3NN=C(c4ccc(Cl)cc4)O3)cc2Cl)C[S+]1[O-]. The molecule has 0 radical (unpaired) electrons. The predicted octanol–water partition coefficient (Wildman–Crippen LogP) is 3.38. The lowest BCUT2D eigenvalue weighted by atomic mass is 10.0. The molecule has 1 saturated heterocycles. The number of hydrazone groups is 1. The van der Waals surface area contributed by atoms with Crippen LogP contribution < -0.4 is 10.7 Å². The summed E-state index contributed by atoms with van der Waals surface area (Å²) < 4.78 is 19.7. The van der Waals surface area contributed by atoms with Gasteiger partial charge in [0.05, 0.1) is 33.2 Å². The van der Waals surface area contributed by atoms with Gasteiger partial charge >= 0.3 is 0 Å². The molecule has 2 aromatic rings. The number of halogens is 2. The second kappa shape index (κ2) is 7.31. The second-order valence-electron chi connectivity index (χ2n) is 6.65. The lowest BCUT2D eigenvalue weighted by Crippen LogP contribution is -2.60. The highest BCUT2D eigenvalue weighted by atomic mass is 35.5. The first-order valence-corrected chi connectivity index (χ1v) is 11.2. The molecule has 148 valence electrons. The zero-order chi connectivity index (χ0) is 20.1. The van der Waals surface area contributed by atoms with E-state index < -0.39 is 23.1 Å². The summed E-state index contributed by atoms with van der Waals surface area (Å²) in [5.74, 6) is 0.887. The number of nitrogens with one attached hydrogen (secondary N) is 3. The van der Waals surface area contributed by atoms with Crippen LogP contribution >= 0.6 is 34.5 Å². The first-order valence-electron chi connectivity index (χ1n) is 8.31. The summed E-state index contributed by atoms with van der Waals surface area (Å²) in [7, 11) is 1.62. The third-order valence-electron chi connectivity index (χ3n) is 4.50. The van der Waals surface area contributed by atoms with E-state index >= 15 is 0 Å². The molecule has 3 N–H and O–H groups in total. The molecule has 7 nitrogen and oxygen atoms in total. The smallest absolute Gasteiger partial charge is 0.240 e. The lowest BCUT2D eigenvalue weighted by Gasteiger charge is -2.39. The second-order valence-corrected chi connectivity index (χ2v) is 10.1. The number of nitrogens with zero attached hydrogens (tertiary/aromatic N) is 2. The molecule has 0 amide bonds. The molecule has 3 atom stereocenters. The van der Waals surface area contributed by atoms with Crippen LogP contribution in [0.2, 0.25) is 10.0 Å². The van der Waals surface area contributed by atoms with Crippen LogP contribution in [0.1, 0.15) is 28.5 Å². The van der Waals surface area contributed by atoms with Crippen LogP contribution in [0.15, 0.2) is 35.4 Å². The van der Waals surface area contributed by atoms with Gasteiger partial charge in [0.15, 0.2) is 5.75 Å². The number of benzene rings is 1. The largest absolute Gasteiger partial charge is 0.593 e. The van der Waals surface area contributed by atoms with Gasteiger partial charge in [0.2, 0.25) is 18.1 Å². The van der Waals surface area contributed by atoms with Gasteiger partial charge in [-0.05, 0) is 37.3 Å². The minimum Gasteiger partial charge on any atom is -0.593 e. The van der Waals surface area contributed by atoms with Crippen molar-refractivity contribution in [1.82, 2.24) is 15.0 Å². The van der Waals surface area contributed by atoms with Crippen molar-refractivity contribution in [2.75, 3.05) is 12.8 Å². The molecule has 2 aliphatic rings. The Morgan fingerprint density at radius 2 is 2.11 bits per heavy atom. The van der Waals surface area contributed by atoms with Gasteiger partial charge in [-0.15, -0.1) is 16.4 Å². The molecule has 1 aromatic carbocycles. The summed E-state index contributed by atoms with van der Waals surface area (Å²) in [5, 5.41) is 16.6. The number of hydrogen-bond acceptors (Lipinski definition) is 6. The van der Waals surface area contributed by atoms with Crippen molar-refractivity contribution in [2.24, 2.45) is 5.10 Å². The van der Waals surface area contributed by atoms with Crippen LogP contribution in [0.4, 0.5) is 0 Å². The Morgan fingerprint density at radius 3 is 2.79 bits per heavy atom. The fraction of sp³-hybridized carbons (Fsp3) is 0.294. The third kappa shape index (κ3) is 3.53. The molecule has 4 rings (SSSR count). The van der Waals surface area contributed by atoms with E-state index in [2.05, 4.69) is 15.8 Å². The van der Waals surface area contributed by atoms with Crippen molar-refractivity contribution in [3.8, 4) is 0 Å². The summed E-state index contributed by atoms with van der Waals surface area (Å²) in [6.45, 7) is 1.90.